The van der Waals surface area contributed by atoms with Crippen molar-refractivity contribution in [3.8, 4) is 5.75 Å². The van der Waals surface area contributed by atoms with Gasteiger partial charge in [0.1, 0.15) is 18.3 Å². The van der Waals surface area contributed by atoms with Gasteiger partial charge >= 0.3 is 5.97 Å². The summed E-state index contributed by atoms with van der Waals surface area (Å²) in [4.78, 5) is 24.9. The Morgan fingerprint density at radius 1 is 1.11 bits per heavy atom. The van der Waals surface area contributed by atoms with Crippen LogP contribution < -0.4 is 20.7 Å². The first kappa shape index (κ1) is 25.7. The van der Waals surface area contributed by atoms with E-state index in [0.717, 1.165) is 0 Å². The van der Waals surface area contributed by atoms with E-state index in [1.165, 1.54) is 19.4 Å². The van der Waals surface area contributed by atoms with Crippen molar-refractivity contribution in [1.29, 1.82) is 10.8 Å². The Hall–Kier alpha value is -4.92. The largest absolute Gasteiger partial charge is 0.497 e. The standard InChI is InChI=1S/C27H27N5O4/c1-36-21-12-7-11-20(14-21)32-26(23(28)15-19-10-5-6-13-31-19)27(35)22(16-30-17-24(33)34)25(29)18-8-3-2-4-9-18/h2-16,26,28-32H,17H2,1H3,(H,33,34)/b19-15-,22-16+,28-23?,29-25?. The van der Waals surface area contributed by atoms with Gasteiger partial charge in [-0.25, -0.2) is 0 Å². The first-order chi connectivity index (χ1) is 17.4. The molecule has 2 aromatic carbocycles. The van der Waals surface area contributed by atoms with Crippen LogP contribution >= 0.6 is 0 Å². The number of methoxy groups -OCH3 is 1. The third-order valence-corrected chi connectivity index (χ3v) is 5.10. The molecule has 3 rings (SSSR count). The summed E-state index contributed by atoms with van der Waals surface area (Å²) in [5.41, 5.74) is 1.39. The maximum Gasteiger partial charge on any atom is 0.322 e. The van der Waals surface area contributed by atoms with E-state index in [0.29, 0.717) is 22.7 Å². The van der Waals surface area contributed by atoms with Crippen LogP contribution in [0.2, 0.25) is 0 Å². The number of rotatable bonds is 12. The molecule has 0 saturated carbocycles. The van der Waals surface area contributed by atoms with Crippen LogP contribution in [0.4, 0.5) is 5.69 Å². The summed E-state index contributed by atoms with van der Waals surface area (Å²) in [5.74, 6) is -1.13. The fourth-order valence-corrected chi connectivity index (χ4v) is 3.33. The fraction of sp³-hybridized carbons (Fsp3) is 0.111. The highest BCUT2D eigenvalue weighted by Gasteiger charge is 2.28. The fourth-order valence-electron chi connectivity index (χ4n) is 3.33. The van der Waals surface area contributed by atoms with Gasteiger partial charge in [0.25, 0.3) is 0 Å². The average Bonchev–Trinajstić information content (AvgIpc) is 2.90. The molecule has 1 aliphatic heterocycles. The van der Waals surface area contributed by atoms with Crippen LogP contribution in [0.25, 0.3) is 0 Å². The summed E-state index contributed by atoms with van der Waals surface area (Å²) >= 11 is 0. The number of carboxylic acid groups (broad SMARTS) is 1. The van der Waals surface area contributed by atoms with Gasteiger partial charge in [-0.1, -0.05) is 42.5 Å². The quantitative estimate of drug-likeness (QED) is 0.200. The lowest BCUT2D eigenvalue weighted by Crippen LogP contribution is -2.40. The molecule has 1 unspecified atom stereocenters. The lowest BCUT2D eigenvalue weighted by atomic mass is 9.93. The Bertz CT molecular complexity index is 1260. The Balaban J connectivity index is 2.01. The summed E-state index contributed by atoms with van der Waals surface area (Å²) in [6, 6.07) is 14.4. The van der Waals surface area contributed by atoms with Crippen molar-refractivity contribution in [2.45, 2.75) is 6.04 Å². The van der Waals surface area contributed by atoms with Crippen molar-refractivity contribution in [1.82, 2.24) is 10.6 Å². The van der Waals surface area contributed by atoms with Crippen LogP contribution in [0, 0.1) is 10.8 Å². The number of aliphatic carboxylic acids is 1. The molecular weight excluding hydrogens is 458 g/mol. The molecule has 1 heterocycles. The predicted octanol–water partition coefficient (Wildman–Crippen LogP) is 3.25. The van der Waals surface area contributed by atoms with Gasteiger partial charge in [0.15, 0.2) is 5.78 Å². The number of nitrogens with one attached hydrogen (secondary N) is 5. The summed E-state index contributed by atoms with van der Waals surface area (Å²) < 4.78 is 5.27. The molecule has 184 valence electrons. The van der Waals surface area contributed by atoms with Crippen LogP contribution in [0.1, 0.15) is 5.56 Å². The molecule has 0 spiro atoms. The maximum atomic E-state index is 13.9. The van der Waals surface area contributed by atoms with Crippen molar-refractivity contribution < 1.29 is 19.4 Å². The molecule has 0 radical (unpaired) electrons. The van der Waals surface area contributed by atoms with Gasteiger partial charge in [-0.2, -0.15) is 0 Å². The molecule has 36 heavy (non-hydrogen) atoms. The summed E-state index contributed by atoms with van der Waals surface area (Å²) in [6.45, 7) is -0.435. The average molecular weight is 486 g/mol. The number of Topliss-reactive ketones (excluding diaryl/α,β-unsaturated/α-hetero) is 1. The van der Waals surface area contributed by atoms with Crippen LogP contribution in [0.3, 0.4) is 0 Å². The molecule has 0 fully saturated rings. The topological polar surface area (TPSA) is 147 Å². The number of carbonyl (C=O) groups is 2. The van der Waals surface area contributed by atoms with Gasteiger partial charge in [0, 0.05) is 35.4 Å². The van der Waals surface area contributed by atoms with Crippen LogP contribution in [-0.4, -0.2) is 48.0 Å². The smallest absolute Gasteiger partial charge is 0.322 e. The van der Waals surface area contributed by atoms with E-state index >= 15 is 0 Å². The van der Waals surface area contributed by atoms with Crippen molar-refractivity contribution >= 4 is 28.9 Å². The first-order valence-electron chi connectivity index (χ1n) is 11.0. The van der Waals surface area contributed by atoms with Crippen LogP contribution in [0.5, 0.6) is 5.75 Å². The molecule has 1 atom stereocenters. The second-order valence-corrected chi connectivity index (χ2v) is 7.66. The molecule has 0 saturated heterocycles. The number of dihydropyridines is 1. The number of ether oxygens (including phenoxy) is 1. The minimum absolute atomic E-state index is 0.0599. The van der Waals surface area contributed by atoms with E-state index in [2.05, 4.69) is 16.0 Å². The Kier molecular flexibility index (Phi) is 8.94. The van der Waals surface area contributed by atoms with E-state index < -0.39 is 24.3 Å². The molecule has 9 nitrogen and oxygen atoms in total. The van der Waals surface area contributed by atoms with Crippen molar-refractivity contribution in [3.63, 3.8) is 0 Å². The van der Waals surface area contributed by atoms with E-state index in [1.807, 2.05) is 0 Å². The third-order valence-electron chi connectivity index (χ3n) is 5.10. The molecule has 0 aromatic heterocycles. The Morgan fingerprint density at radius 3 is 2.56 bits per heavy atom. The number of anilines is 1. The van der Waals surface area contributed by atoms with Crippen molar-refractivity contribution in [3.05, 3.63) is 108 Å². The molecule has 9 heteroatoms. The zero-order valence-corrected chi connectivity index (χ0v) is 19.6. The summed E-state index contributed by atoms with van der Waals surface area (Å²) in [6.07, 6.45) is 9.80. The monoisotopic (exact) mass is 485 g/mol. The van der Waals surface area contributed by atoms with Crippen molar-refractivity contribution in [2.75, 3.05) is 19.0 Å². The molecule has 1 aliphatic rings. The third kappa shape index (κ3) is 7.04. The zero-order valence-electron chi connectivity index (χ0n) is 19.6. The number of carbonyl (C=O) groups excluding carboxylic acids is 1. The highest BCUT2D eigenvalue weighted by atomic mass is 16.5. The second-order valence-electron chi connectivity index (χ2n) is 7.66. The minimum Gasteiger partial charge on any atom is -0.497 e. The SMILES string of the molecule is COc1cccc(NC(C(=N)/C=C2/C=CC=CN2)C(=O)/C(=C/NCC(=O)O)C(=N)c2ccccc2)c1. The molecule has 0 amide bonds. The maximum absolute atomic E-state index is 13.9. The minimum atomic E-state index is -1.19. The predicted molar refractivity (Wildman–Crippen MR) is 140 cm³/mol. The number of carboxylic acids is 1. The van der Waals surface area contributed by atoms with Crippen LogP contribution in [-0.2, 0) is 9.59 Å². The number of hydrogen-bond acceptors (Lipinski definition) is 8. The van der Waals surface area contributed by atoms with E-state index in [4.69, 9.17) is 20.7 Å². The highest BCUT2D eigenvalue weighted by molar-refractivity contribution is 6.34. The van der Waals surface area contributed by atoms with Crippen molar-refractivity contribution in [2.24, 2.45) is 0 Å². The van der Waals surface area contributed by atoms with Gasteiger partial charge < -0.3 is 31.2 Å². The lowest BCUT2D eigenvalue weighted by Gasteiger charge is -2.21. The summed E-state index contributed by atoms with van der Waals surface area (Å²) in [7, 11) is 1.53. The number of hydrogen-bond donors (Lipinski definition) is 6. The van der Waals surface area contributed by atoms with E-state index in [-0.39, 0.29) is 17.0 Å². The second kappa shape index (κ2) is 12.5. The molecule has 0 aliphatic carbocycles. The van der Waals surface area contributed by atoms with Gasteiger partial charge in [0.2, 0.25) is 0 Å². The van der Waals surface area contributed by atoms with E-state index in [9.17, 15) is 9.59 Å². The Labute approximate surface area is 208 Å². The molecular formula is C27H27N5O4. The lowest BCUT2D eigenvalue weighted by molar-refractivity contribution is -0.135. The molecule has 2 aromatic rings. The molecule has 0 bridgehead atoms. The van der Waals surface area contributed by atoms with Gasteiger partial charge in [-0.15, -0.1) is 0 Å². The highest BCUT2D eigenvalue weighted by Crippen LogP contribution is 2.20. The number of benzene rings is 2. The van der Waals surface area contributed by atoms with Crippen LogP contribution in [0.15, 0.2) is 103 Å². The summed E-state index contributed by atoms with van der Waals surface area (Å²) in [5, 5.41) is 35.1. The molecule has 6 N–H and O–H groups in total. The number of allylic oxidation sites excluding steroid dienone is 3. The van der Waals surface area contributed by atoms with E-state index in [1.54, 1.807) is 79.0 Å². The van der Waals surface area contributed by atoms with Gasteiger partial charge in [0.05, 0.1) is 24.1 Å². The van der Waals surface area contributed by atoms with Gasteiger partial charge in [-0.05, 0) is 30.4 Å². The normalized spacial score (nSPS) is 14.5. The first-order valence-corrected chi connectivity index (χ1v) is 11.0. The number of ketones is 1. The van der Waals surface area contributed by atoms with Gasteiger partial charge in [-0.3, -0.25) is 15.0 Å². The zero-order chi connectivity index (χ0) is 25.9. The Morgan fingerprint density at radius 2 is 1.89 bits per heavy atom.